The van der Waals surface area contributed by atoms with Crippen molar-refractivity contribution in [3.05, 3.63) is 0 Å². The molecule has 0 aromatic heterocycles. The molecule has 0 fully saturated rings. The Morgan fingerprint density at radius 2 is 1.07 bits per heavy atom. The first-order valence-electron chi connectivity index (χ1n) is 11.7. The zero-order chi connectivity index (χ0) is 21.7. The largest absolute Gasteiger partial charge is 0.481 e. The summed E-state index contributed by atoms with van der Waals surface area (Å²) in [6.45, 7) is 2.25. The molecule has 1 amide bonds. The highest BCUT2D eigenvalue weighted by atomic mass is 27.0. The molecule has 7 heteroatoms. The lowest BCUT2D eigenvalue weighted by molar-refractivity contribution is -0.143. The minimum absolute atomic E-state index is 0. The molecule has 0 spiro atoms. The molecule has 0 heterocycles. The number of rotatable bonds is 21. The van der Waals surface area contributed by atoms with E-state index >= 15 is 0 Å². The highest BCUT2D eigenvalue weighted by Crippen LogP contribution is 2.13. The number of carboxylic acids is 2. The van der Waals surface area contributed by atoms with Crippen LogP contribution in [0.2, 0.25) is 0 Å². The van der Waals surface area contributed by atoms with Crippen molar-refractivity contribution in [3.63, 3.8) is 0 Å². The minimum atomic E-state index is -1.18. The van der Waals surface area contributed by atoms with E-state index in [1.54, 1.807) is 0 Å². The maximum atomic E-state index is 11.8. The first-order chi connectivity index (χ1) is 14.0. The molecule has 30 heavy (non-hydrogen) atoms. The van der Waals surface area contributed by atoms with Crippen LogP contribution in [0.25, 0.3) is 0 Å². The van der Waals surface area contributed by atoms with Crippen LogP contribution in [0.3, 0.4) is 0 Å². The Bertz CT molecular complexity index is 445. The molecule has 1 atom stereocenters. The third-order valence-electron chi connectivity index (χ3n) is 5.29. The van der Waals surface area contributed by atoms with Crippen LogP contribution in [-0.4, -0.2) is 51.5 Å². The molecule has 0 aliphatic rings. The second-order valence-corrected chi connectivity index (χ2v) is 8.09. The van der Waals surface area contributed by atoms with Gasteiger partial charge in [-0.2, -0.15) is 0 Å². The highest BCUT2D eigenvalue weighted by Gasteiger charge is 2.20. The maximum absolute atomic E-state index is 11.8. The number of carboxylic acid groups (broad SMARTS) is 2. The molecule has 0 aromatic carbocycles. The standard InChI is InChI=1S/C23H43NO5.Al.3H/c1-2-3-4-5-6-7-8-9-10-11-12-13-14-15-16-17-21(25)24-20(23(28)29)18-19-22(26)27;;;;/h20H,2-19H2,1H3,(H,24,25)(H,26,27)(H,28,29);;;;/t20-;;;;/m1..../s1. The maximum Gasteiger partial charge on any atom is 0.326 e. The number of hydrogen-bond donors (Lipinski definition) is 3. The Kier molecular flexibility index (Phi) is 23.5. The van der Waals surface area contributed by atoms with Gasteiger partial charge in [-0.25, -0.2) is 4.79 Å². The Morgan fingerprint density at radius 3 is 1.43 bits per heavy atom. The van der Waals surface area contributed by atoms with Gasteiger partial charge in [0.05, 0.1) is 0 Å². The second kappa shape index (κ2) is 22.6. The molecule has 0 aliphatic carbocycles. The van der Waals surface area contributed by atoms with Crippen LogP contribution in [0, 0.1) is 0 Å². The van der Waals surface area contributed by atoms with E-state index in [-0.39, 0.29) is 36.1 Å². The first-order valence-corrected chi connectivity index (χ1v) is 11.7. The normalized spacial score (nSPS) is 11.5. The SMILES string of the molecule is CCCCCCCCCCCCCCCCCC(=O)N[C@H](CCC(=O)O)C(=O)O.[AlH3]. The zero-order valence-electron chi connectivity index (χ0n) is 18.4. The van der Waals surface area contributed by atoms with Crippen LogP contribution in [0.15, 0.2) is 0 Å². The number of hydrogen-bond acceptors (Lipinski definition) is 3. The molecule has 0 saturated heterocycles. The van der Waals surface area contributed by atoms with E-state index < -0.39 is 18.0 Å². The summed E-state index contributed by atoms with van der Waals surface area (Å²) in [5.41, 5.74) is 0. The number of aliphatic carboxylic acids is 2. The first kappa shape index (κ1) is 31.1. The van der Waals surface area contributed by atoms with Crippen molar-refractivity contribution >= 4 is 35.2 Å². The van der Waals surface area contributed by atoms with Crippen molar-refractivity contribution in [3.8, 4) is 0 Å². The fraction of sp³-hybridized carbons (Fsp3) is 0.870. The van der Waals surface area contributed by atoms with E-state index in [0.717, 1.165) is 19.3 Å². The third-order valence-corrected chi connectivity index (χ3v) is 5.29. The highest BCUT2D eigenvalue weighted by molar-refractivity contribution is 5.83. The molecule has 0 aromatic rings. The van der Waals surface area contributed by atoms with Gasteiger partial charge in [-0.3, -0.25) is 9.59 Å². The van der Waals surface area contributed by atoms with Crippen molar-refractivity contribution in [1.29, 1.82) is 0 Å². The summed E-state index contributed by atoms with van der Waals surface area (Å²) in [4.78, 5) is 33.4. The van der Waals surface area contributed by atoms with E-state index in [9.17, 15) is 14.4 Å². The summed E-state index contributed by atoms with van der Waals surface area (Å²) < 4.78 is 0. The number of carbonyl (C=O) groups excluding carboxylic acids is 1. The van der Waals surface area contributed by atoms with Crippen LogP contribution in [0.5, 0.6) is 0 Å². The number of nitrogens with one attached hydrogen (secondary N) is 1. The molecule has 0 unspecified atom stereocenters. The van der Waals surface area contributed by atoms with E-state index in [4.69, 9.17) is 10.2 Å². The predicted molar refractivity (Wildman–Crippen MR) is 126 cm³/mol. The molecule has 0 aliphatic heterocycles. The molecule has 0 radical (unpaired) electrons. The van der Waals surface area contributed by atoms with Gasteiger partial charge in [0.2, 0.25) is 5.91 Å². The lowest BCUT2D eigenvalue weighted by Gasteiger charge is -2.13. The van der Waals surface area contributed by atoms with Crippen LogP contribution >= 0.6 is 0 Å². The third kappa shape index (κ3) is 21.6. The molecule has 0 rings (SSSR count). The van der Waals surface area contributed by atoms with E-state index in [1.807, 2.05) is 0 Å². The van der Waals surface area contributed by atoms with Crippen LogP contribution in [-0.2, 0) is 14.4 Å². The summed E-state index contributed by atoms with van der Waals surface area (Å²) in [7, 11) is 0. The van der Waals surface area contributed by atoms with Gasteiger partial charge in [-0.05, 0) is 12.8 Å². The Morgan fingerprint density at radius 1 is 0.667 bits per heavy atom. The fourth-order valence-corrected chi connectivity index (χ4v) is 3.45. The lowest BCUT2D eigenvalue weighted by Crippen LogP contribution is -2.41. The van der Waals surface area contributed by atoms with Gasteiger partial charge in [0.1, 0.15) is 6.04 Å². The molecule has 0 bridgehead atoms. The number of unbranched alkanes of at least 4 members (excludes halogenated alkanes) is 14. The molecular weight excluding hydrogens is 397 g/mol. The zero-order valence-corrected chi connectivity index (χ0v) is 18.4. The van der Waals surface area contributed by atoms with Crippen molar-refractivity contribution < 1.29 is 24.6 Å². The summed E-state index contributed by atoms with van der Waals surface area (Å²) in [6.07, 6.45) is 18.8. The quantitative estimate of drug-likeness (QED) is 0.179. The Balaban J connectivity index is 0. The van der Waals surface area contributed by atoms with E-state index in [1.165, 1.54) is 77.0 Å². The topological polar surface area (TPSA) is 104 Å². The molecule has 0 saturated carbocycles. The predicted octanol–water partition coefficient (Wildman–Crippen LogP) is 4.50. The minimum Gasteiger partial charge on any atom is -0.481 e. The van der Waals surface area contributed by atoms with E-state index in [0.29, 0.717) is 6.42 Å². The Labute approximate surface area is 193 Å². The summed E-state index contributed by atoms with van der Waals surface area (Å²) in [5.74, 6) is -2.55. The monoisotopic (exact) mass is 443 g/mol. The smallest absolute Gasteiger partial charge is 0.326 e. The lowest BCUT2D eigenvalue weighted by atomic mass is 10.0. The number of amides is 1. The van der Waals surface area contributed by atoms with Crippen LogP contribution < -0.4 is 5.32 Å². The van der Waals surface area contributed by atoms with Gasteiger partial charge in [0, 0.05) is 12.8 Å². The van der Waals surface area contributed by atoms with Crippen molar-refractivity contribution in [2.45, 2.75) is 129 Å². The van der Waals surface area contributed by atoms with Crippen molar-refractivity contribution in [2.75, 3.05) is 0 Å². The van der Waals surface area contributed by atoms with Crippen molar-refractivity contribution in [2.24, 2.45) is 0 Å². The van der Waals surface area contributed by atoms with Gasteiger partial charge in [0.25, 0.3) is 0 Å². The average molecular weight is 444 g/mol. The second-order valence-electron chi connectivity index (χ2n) is 8.09. The van der Waals surface area contributed by atoms with Gasteiger partial charge < -0.3 is 15.5 Å². The number of carbonyl (C=O) groups is 3. The van der Waals surface area contributed by atoms with Gasteiger partial charge in [-0.15, -0.1) is 0 Å². The molecule has 176 valence electrons. The molecular formula is C23H46AlNO5. The summed E-state index contributed by atoms with van der Waals surface area (Å²) in [5, 5.41) is 20.1. The molecule has 3 N–H and O–H groups in total. The van der Waals surface area contributed by atoms with Gasteiger partial charge in [0.15, 0.2) is 17.4 Å². The van der Waals surface area contributed by atoms with Gasteiger partial charge >= 0.3 is 11.9 Å². The Hall–Kier alpha value is -1.06. The van der Waals surface area contributed by atoms with E-state index in [2.05, 4.69) is 12.2 Å². The fourth-order valence-electron chi connectivity index (χ4n) is 3.45. The summed E-state index contributed by atoms with van der Waals surface area (Å²) >= 11 is 0. The van der Waals surface area contributed by atoms with Crippen LogP contribution in [0.1, 0.15) is 122 Å². The summed E-state index contributed by atoms with van der Waals surface area (Å²) in [6, 6.07) is -1.12. The van der Waals surface area contributed by atoms with Crippen LogP contribution in [0.4, 0.5) is 0 Å². The van der Waals surface area contributed by atoms with Crippen molar-refractivity contribution in [1.82, 2.24) is 5.32 Å². The average Bonchev–Trinajstić information content (AvgIpc) is 2.67. The van der Waals surface area contributed by atoms with Gasteiger partial charge in [-0.1, -0.05) is 96.8 Å². The molecule has 6 nitrogen and oxygen atoms in total.